The topological polar surface area (TPSA) is 21.6 Å². The van der Waals surface area contributed by atoms with E-state index < -0.39 is 5.54 Å². The van der Waals surface area contributed by atoms with Crippen LogP contribution in [0.3, 0.4) is 0 Å². The average molecular weight is 362 g/mol. The van der Waals surface area contributed by atoms with Gasteiger partial charge in [-0.25, -0.2) is 4.99 Å². The molecule has 0 saturated heterocycles. The molecule has 0 spiro atoms. The second-order valence-corrected chi connectivity index (χ2v) is 7.48. The van der Waals surface area contributed by atoms with Gasteiger partial charge in [-0.15, -0.1) is 11.3 Å². The quantitative estimate of drug-likeness (QED) is 0.556. The molecule has 0 N–H and O–H groups in total. The Labute approximate surface area is 148 Å². The summed E-state index contributed by atoms with van der Waals surface area (Å²) in [5, 5.41) is 2.43. The van der Waals surface area contributed by atoms with Crippen LogP contribution in [-0.2, 0) is 10.3 Å². The minimum atomic E-state index is -0.602. The molecule has 1 aliphatic rings. The monoisotopic (exact) mass is 361 g/mol. The van der Waals surface area contributed by atoms with Gasteiger partial charge in [0.2, 0.25) is 0 Å². The van der Waals surface area contributed by atoms with E-state index in [0.29, 0.717) is 22.5 Å². The molecule has 2 nitrogen and oxygen atoms in total. The number of thiophene rings is 1. The minimum Gasteiger partial charge on any atom is -0.478 e. The van der Waals surface area contributed by atoms with Crippen LogP contribution in [0.25, 0.3) is 10.1 Å². The molecule has 116 valence electrons. The van der Waals surface area contributed by atoms with Crippen LogP contribution in [0.4, 0.5) is 0 Å². The van der Waals surface area contributed by atoms with E-state index in [1.165, 1.54) is 10.1 Å². The van der Waals surface area contributed by atoms with Crippen molar-refractivity contribution in [1.29, 1.82) is 0 Å². The van der Waals surface area contributed by atoms with Gasteiger partial charge in [-0.2, -0.15) is 0 Å². The summed E-state index contributed by atoms with van der Waals surface area (Å²) in [5.74, 6) is 0.675. The molecule has 0 bridgehead atoms. The van der Waals surface area contributed by atoms with Crippen LogP contribution in [0.1, 0.15) is 17.4 Å². The highest BCUT2D eigenvalue weighted by molar-refractivity contribution is 7.19. The third kappa shape index (κ3) is 2.44. The first-order valence-corrected chi connectivity index (χ1v) is 8.79. The summed E-state index contributed by atoms with van der Waals surface area (Å²) in [7, 11) is 0. The standard InChI is InChI=1S/C18H13Cl2NOS/c1-11-21-18(10-22-11,14-7-6-13(19)9-15(14)20)17-8-12-4-2-3-5-16(12)23-17/h2-9H,10H2,1H3. The third-order valence-corrected chi connectivity index (χ3v) is 5.86. The number of ether oxygens (including phenoxy) is 1. The number of rotatable bonds is 2. The number of nitrogens with zero attached hydrogens (tertiary/aromatic N) is 1. The van der Waals surface area contributed by atoms with Crippen LogP contribution in [0.2, 0.25) is 10.0 Å². The number of hydrogen-bond donors (Lipinski definition) is 0. The third-order valence-electron chi connectivity index (χ3n) is 4.05. The zero-order chi connectivity index (χ0) is 16.0. The van der Waals surface area contributed by atoms with Crippen LogP contribution in [0, 0.1) is 0 Å². The van der Waals surface area contributed by atoms with Gasteiger partial charge in [0.25, 0.3) is 0 Å². The van der Waals surface area contributed by atoms with Gasteiger partial charge >= 0.3 is 0 Å². The minimum absolute atomic E-state index is 0.451. The van der Waals surface area contributed by atoms with E-state index in [2.05, 4.69) is 18.2 Å². The van der Waals surface area contributed by atoms with Crippen LogP contribution in [0.15, 0.2) is 53.5 Å². The first-order valence-electron chi connectivity index (χ1n) is 7.22. The number of hydrogen-bond acceptors (Lipinski definition) is 3. The van der Waals surface area contributed by atoms with Gasteiger partial charge in [-0.1, -0.05) is 47.5 Å². The van der Waals surface area contributed by atoms with Crippen molar-refractivity contribution in [1.82, 2.24) is 0 Å². The Bertz CT molecular complexity index is 901. The highest BCUT2D eigenvalue weighted by Gasteiger charge is 2.42. The van der Waals surface area contributed by atoms with Crippen molar-refractivity contribution in [3.05, 3.63) is 69.0 Å². The van der Waals surface area contributed by atoms with Crippen LogP contribution in [0.5, 0.6) is 0 Å². The number of fused-ring (bicyclic) bond motifs is 1. The summed E-state index contributed by atoms with van der Waals surface area (Å²) in [6.45, 7) is 2.33. The molecule has 0 radical (unpaired) electrons. The van der Waals surface area contributed by atoms with Gasteiger partial charge in [0.1, 0.15) is 6.61 Å². The lowest BCUT2D eigenvalue weighted by atomic mass is 9.89. The molecule has 5 heteroatoms. The summed E-state index contributed by atoms with van der Waals surface area (Å²) in [6.07, 6.45) is 0. The summed E-state index contributed by atoms with van der Waals surface area (Å²) in [4.78, 5) is 5.95. The molecular weight excluding hydrogens is 349 g/mol. The van der Waals surface area contributed by atoms with Crippen LogP contribution >= 0.6 is 34.5 Å². The highest BCUT2D eigenvalue weighted by Crippen LogP contribution is 2.45. The first-order chi connectivity index (χ1) is 11.1. The Morgan fingerprint density at radius 2 is 1.96 bits per heavy atom. The maximum Gasteiger partial charge on any atom is 0.181 e. The van der Waals surface area contributed by atoms with Crippen molar-refractivity contribution in [2.45, 2.75) is 12.5 Å². The lowest BCUT2D eigenvalue weighted by Gasteiger charge is -2.24. The highest BCUT2D eigenvalue weighted by atomic mass is 35.5. The van der Waals surface area contributed by atoms with E-state index in [1.807, 2.05) is 31.2 Å². The fourth-order valence-corrected chi connectivity index (χ4v) is 4.71. The smallest absolute Gasteiger partial charge is 0.181 e. The largest absolute Gasteiger partial charge is 0.478 e. The normalized spacial score (nSPS) is 20.6. The molecule has 0 aliphatic carbocycles. The number of halogens is 2. The van der Waals surface area contributed by atoms with Gasteiger partial charge in [-0.3, -0.25) is 0 Å². The zero-order valence-electron chi connectivity index (χ0n) is 12.3. The summed E-state index contributed by atoms with van der Waals surface area (Å²) < 4.78 is 6.95. The maximum atomic E-state index is 6.49. The predicted molar refractivity (Wildman–Crippen MR) is 98.1 cm³/mol. The molecule has 0 amide bonds. The van der Waals surface area contributed by atoms with Gasteiger partial charge in [0, 0.05) is 32.1 Å². The van der Waals surface area contributed by atoms with Gasteiger partial charge in [0.05, 0.1) is 0 Å². The van der Waals surface area contributed by atoms with E-state index in [4.69, 9.17) is 32.9 Å². The lowest BCUT2D eigenvalue weighted by Crippen LogP contribution is -2.26. The van der Waals surface area contributed by atoms with Gasteiger partial charge < -0.3 is 4.74 Å². The summed E-state index contributed by atoms with van der Waals surface area (Å²) in [5.41, 5.74) is 0.321. The zero-order valence-corrected chi connectivity index (χ0v) is 14.7. The SMILES string of the molecule is CC1=NC(c2cc3ccccc3s2)(c2ccc(Cl)cc2Cl)CO1. The Morgan fingerprint density at radius 3 is 2.65 bits per heavy atom. The molecule has 1 aromatic heterocycles. The van der Waals surface area contributed by atoms with Crippen molar-refractivity contribution < 1.29 is 4.74 Å². The van der Waals surface area contributed by atoms with Crippen molar-refractivity contribution in [2.75, 3.05) is 6.61 Å². The number of aliphatic imine (C=N–C) groups is 1. The number of benzene rings is 2. The Hall–Kier alpha value is -1.55. The van der Waals surface area contributed by atoms with E-state index in [0.717, 1.165) is 10.4 Å². The lowest BCUT2D eigenvalue weighted by molar-refractivity contribution is 0.282. The Morgan fingerprint density at radius 1 is 1.13 bits per heavy atom. The fourth-order valence-electron chi connectivity index (χ4n) is 2.95. The average Bonchev–Trinajstić information content (AvgIpc) is 3.11. The predicted octanol–water partition coefficient (Wildman–Crippen LogP) is 5.90. The molecule has 23 heavy (non-hydrogen) atoms. The molecule has 4 rings (SSSR count). The van der Waals surface area contributed by atoms with E-state index in [1.54, 1.807) is 17.4 Å². The van der Waals surface area contributed by atoms with Gasteiger partial charge in [-0.05, 0) is 29.7 Å². The van der Waals surface area contributed by atoms with Gasteiger partial charge in [0.15, 0.2) is 11.4 Å². The molecule has 3 aromatic rings. The Kier molecular flexibility index (Phi) is 3.60. The Balaban J connectivity index is 1.97. The molecule has 0 saturated carbocycles. The summed E-state index contributed by atoms with van der Waals surface area (Å²) >= 11 is 14.3. The maximum absolute atomic E-state index is 6.49. The molecule has 2 heterocycles. The second-order valence-electron chi connectivity index (χ2n) is 5.55. The van der Waals surface area contributed by atoms with Crippen molar-refractivity contribution in [3.63, 3.8) is 0 Å². The van der Waals surface area contributed by atoms with Crippen LogP contribution in [-0.4, -0.2) is 12.5 Å². The molecule has 1 aliphatic heterocycles. The fraction of sp³-hybridized carbons (Fsp3) is 0.167. The molecule has 0 fully saturated rings. The van der Waals surface area contributed by atoms with Crippen molar-refractivity contribution in [3.8, 4) is 0 Å². The molecule has 1 unspecified atom stereocenters. The van der Waals surface area contributed by atoms with Crippen molar-refractivity contribution in [2.24, 2.45) is 4.99 Å². The molecular formula is C18H13Cl2NOS. The molecule has 2 aromatic carbocycles. The van der Waals surface area contributed by atoms with E-state index in [-0.39, 0.29) is 0 Å². The van der Waals surface area contributed by atoms with Crippen molar-refractivity contribution >= 4 is 50.5 Å². The second kappa shape index (κ2) is 5.52. The van der Waals surface area contributed by atoms with Crippen LogP contribution < -0.4 is 0 Å². The van der Waals surface area contributed by atoms with E-state index in [9.17, 15) is 0 Å². The van der Waals surface area contributed by atoms with E-state index >= 15 is 0 Å². The summed E-state index contributed by atoms with van der Waals surface area (Å²) in [6, 6.07) is 16.0. The molecule has 1 atom stereocenters. The first kappa shape index (κ1) is 15.0.